The van der Waals surface area contributed by atoms with Gasteiger partial charge >= 0.3 is 0 Å². The van der Waals surface area contributed by atoms with Gasteiger partial charge in [0.25, 0.3) is 0 Å². The molecule has 0 nitrogen and oxygen atoms in total. The Morgan fingerprint density at radius 1 is 0.542 bits per heavy atom. The lowest BCUT2D eigenvalue weighted by Gasteiger charge is -2.14. The highest BCUT2D eigenvalue weighted by Gasteiger charge is 2.33. The molecule has 114 valence electrons. The van der Waals surface area contributed by atoms with E-state index in [2.05, 4.69) is 36.4 Å². The summed E-state index contributed by atoms with van der Waals surface area (Å²) in [7, 11) is 0.866. The standard InChI is InChI=1S/C22H14S2/c1-3-11-7-23-10-16-14-6-2-4-12-8-24-9-15-13(5-1)17(11)21(23)20(16)19(15)22(24)18(12)14/h1-6H,7-10H2. The van der Waals surface area contributed by atoms with Crippen LogP contribution in [0.2, 0.25) is 0 Å². The van der Waals surface area contributed by atoms with Crippen molar-refractivity contribution in [2.45, 2.75) is 23.0 Å². The number of hydrogen-bond donors (Lipinski definition) is 0. The third-order valence-electron chi connectivity index (χ3n) is 6.59. The summed E-state index contributed by atoms with van der Waals surface area (Å²) in [6, 6.07) is 14.2. The summed E-state index contributed by atoms with van der Waals surface area (Å²) in [6.45, 7) is 0. The molecule has 0 amide bonds. The molecule has 0 bridgehead atoms. The summed E-state index contributed by atoms with van der Waals surface area (Å²) in [6.07, 6.45) is 0. The van der Waals surface area contributed by atoms with E-state index in [0.717, 1.165) is 0 Å². The largest absolute Gasteiger partial charge is 0.168 e. The maximum absolute atomic E-state index is 2.42. The zero-order valence-corrected chi connectivity index (χ0v) is 14.7. The van der Waals surface area contributed by atoms with E-state index in [1.165, 1.54) is 23.0 Å². The van der Waals surface area contributed by atoms with Gasteiger partial charge in [0.05, 0.1) is 0 Å². The third kappa shape index (κ3) is 1.02. The van der Waals surface area contributed by atoms with Crippen LogP contribution in [0.5, 0.6) is 0 Å². The summed E-state index contributed by atoms with van der Waals surface area (Å²) in [4.78, 5) is 0. The van der Waals surface area contributed by atoms with Crippen LogP contribution >= 0.6 is 21.0 Å². The fourth-order valence-electron chi connectivity index (χ4n) is 5.79. The lowest BCUT2D eigenvalue weighted by molar-refractivity contribution is 1.39. The van der Waals surface area contributed by atoms with E-state index in [-0.39, 0.29) is 0 Å². The van der Waals surface area contributed by atoms with Crippen LogP contribution in [-0.2, 0) is 23.0 Å². The Balaban J connectivity index is 1.89. The first-order valence-corrected chi connectivity index (χ1v) is 11.8. The highest BCUT2D eigenvalue weighted by Crippen LogP contribution is 2.58. The van der Waals surface area contributed by atoms with Crippen molar-refractivity contribution in [1.29, 1.82) is 0 Å². The Bertz CT molecular complexity index is 1370. The van der Waals surface area contributed by atoms with Crippen LogP contribution in [0.15, 0.2) is 36.4 Å². The fraction of sp³-hybridized carbons (Fsp3) is 0.182. The van der Waals surface area contributed by atoms with Crippen molar-refractivity contribution in [2.75, 3.05) is 0 Å². The molecule has 4 heterocycles. The smallest absolute Gasteiger partial charge is 0.0156 e. The molecule has 4 aromatic carbocycles. The second-order valence-electron chi connectivity index (χ2n) is 7.61. The Kier molecular flexibility index (Phi) is 1.72. The average Bonchev–Trinajstić information content (AvgIpc) is 3.29. The highest BCUT2D eigenvalue weighted by molar-refractivity contribution is 8.09. The van der Waals surface area contributed by atoms with E-state index < -0.39 is 0 Å². The monoisotopic (exact) mass is 342 g/mol. The molecular weight excluding hydrogens is 328 g/mol. The zero-order chi connectivity index (χ0) is 15.2. The van der Waals surface area contributed by atoms with E-state index in [1.54, 1.807) is 63.6 Å². The summed E-state index contributed by atoms with van der Waals surface area (Å²) in [5.41, 5.74) is 6.67. The Morgan fingerprint density at radius 3 is 1.54 bits per heavy atom. The van der Waals surface area contributed by atoms with E-state index in [4.69, 9.17) is 0 Å². The van der Waals surface area contributed by atoms with Gasteiger partial charge in [0.15, 0.2) is 0 Å². The number of hydrogen-bond acceptors (Lipinski definition) is 0. The van der Waals surface area contributed by atoms with E-state index >= 15 is 0 Å². The lowest BCUT2D eigenvalue weighted by atomic mass is 9.89. The van der Waals surface area contributed by atoms with Gasteiger partial charge in [-0.15, -0.1) is 0 Å². The molecule has 0 N–H and O–H groups in total. The van der Waals surface area contributed by atoms with Gasteiger partial charge in [-0.05, 0) is 43.8 Å². The number of benzene rings is 4. The van der Waals surface area contributed by atoms with Gasteiger partial charge in [-0.3, -0.25) is 0 Å². The predicted molar refractivity (Wildman–Crippen MR) is 107 cm³/mol. The van der Waals surface area contributed by atoms with Crippen LogP contribution in [0.3, 0.4) is 0 Å². The first-order chi connectivity index (χ1) is 11.9. The molecule has 0 saturated heterocycles. The first-order valence-electron chi connectivity index (χ1n) is 8.72. The molecule has 2 heteroatoms. The fourth-order valence-corrected chi connectivity index (χ4v) is 11.2. The van der Waals surface area contributed by atoms with Gasteiger partial charge in [0, 0.05) is 42.8 Å². The summed E-state index contributed by atoms with van der Waals surface area (Å²) >= 11 is 0. The SMILES string of the molecule is c1cc2c3c4c5c(c6cccc7c6c6c5c(c3c1)CS=6C7)CS=4C2. The minimum atomic E-state index is 0.433. The predicted octanol–water partition coefficient (Wildman–Crippen LogP) is 6.24. The molecule has 0 fully saturated rings. The number of rotatable bonds is 0. The van der Waals surface area contributed by atoms with Crippen molar-refractivity contribution in [3.8, 4) is 0 Å². The molecule has 4 aliphatic rings. The van der Waals surface area contributed by atoms with Gasteiger partial charge in [0.2, 0.25) is 0 Å². The minimum absolute atomic E-state index is 0.433. The van der Waals surface area contributed by atoms with Crippen molar-refractivity contribution in [1.82, 2.24) is 0 Å². The third-order valence-corrected chi connectivity index (χ3v) is 11.2. The molecule has 4 aliphatic heterocycles. The molecule has 0 saturated carbocycles. The molecule has 0 spiro atoms. The summed E-state index contributed by atoms with van der Waals surface area (Å²) in [5.74, 6) is 5.18. The molecule has 0 aromatic heterocycles. The molecule has 2 atom stereocenters. The second-order valence-corrected chi connectivity index (χ2v) is 11.6. The van der Waals surface area contributed by atoms with E-state index in [0.29, 0.717) is 21.0 Å². The van der Waals surface area contributed by atoms with Gasteiger partial charge in [-0.1, -0.05) is 36.4 Å². The summed E-state index contributed by atoms with van der Waals surface area (Å²) in [5, 5.41) is 9.95. The van der Waals surface area contributed by atoms with Crippen molar-refractivity contribution in [3.05, 3.63) is 67.7 Å². The van der Waals surface area contributed by atoms with E-state index in [9.17, 15) is 0 Å². The van der Waals surface area contributed by atoms with Crippen molar-refractivity contribution >= 4 is 53.3 Å². The zero-order valence-electron chi connectivity index (χ0n) is 13.1. The van der Waals surface area contributed by atoms with Crippen LogP contribution in [0.25, 0.3) is 32.3 Å². The van der Waals surface area contributed by atoms with Crippen LogP contribution in [0.4, 0.5) is 0 Å². The maximum Gasteiger partial charge on any atom is 0.0156 e. The average molecular weight is 342 g/mol. The van der Waals surface area contributed by atoms with Gasteiger partial charge in [-0.2, -0.15) is 21.0 Å². The minimum Gasteiger partial charge on any atom is -0.168 e. The quantitative estimate of drug-likeness (QED) is 0.262. The van der Waals surface area contributed by atoms with Crippen LogP contribution in [0, 0.1) is 9.02 Å². The second kappa shape index (κ2) is 3.49. The molecule has 0 radical (unpaired) electrons. The first kappa shape index (κ1) is 11.8. The van der Waals surface area contributed by atoms with Crippen molar-refractivity contribution in [2.24, 2.45) is 0 Å². The van der Waals surface area contributed by atoms with Gasteiger partial charge in [-0.25, -0.2) is 0 Å². The maximum atomic E-state index is 2.42. The molecule has 2 unspecified atom stereocenters. The molecule has 8 rings (SSSR count). The normalized spacial score (nSPS) is 24.0. The molecular formula is C22H14S2. The topological polar surface area (TPSA) is 0 Å². The summed E-state index contributed by atoms with van der Waals surface area (Å²) < 4.78 is 3.52. The van der Waals surface area contributed by atoms with Gasteiger partial charge in [0.1, 0.15) is 0 Å². The van der Waals surface area contributed by atoms with Gasteiger partial charge < -0.3 is 0 Å². The number of fused-ring (bicyclic) bond motifs is 2. The molecule has 4 aromatic rings. The molecule has 0 aliphatic carbocycles. The van der Waals surface area contributed by atoms with Crippen LogP contribution < -0.4 is 0 Å². The Hall–Kier alpha value is -1.64. The lowest BCUT2D eigenvalue weighted by Crippen LogP contribution is -1.94. The van der Waals surface area contributed by atoms with Crippen LogP contribution in [0.1, 0.15) is 22.3 Å². The Labute approximate surface area is 144 Å². The highest BCUT2D eigenvalue weighted by atomic mass is 32.2. The van der Waals surface area contributed by atoms with E-state index in [1.807, 2.05) is 0 Å². The molecule has 24 heavy (non-hydrogen) atoms. The Morgan fingerprint density at radius 2 is 1.04 bits per heavy atom. The van der Waals surface area contributed by atoms with Crippen LogP contribution in [-0.4, -0.2) is 0 Å². The van der Waals surface area contributed by atoms with Crippen molar-refractivity contribution < 1.29 is 0 Å². The van der Waals surface area contributed by atoms with Crippen molar-refractivity contribution in [3.63, 3.8) is 0 Å².